The van der Waals surface area contributed by atoms with Crippen LogP contribution in [0.15, 0.2) is 41.9 Å². The quantitative estimate of drug-likeness (QED) is 0.677. The number of anilines is 1. The summed E-state index contributed by atoms with van der Waals surface area (Å²) in [5.41, 5.74) is 2.30. The molecule has 5 rings (SSSR count). The molecule has 0 radical (unpaired) electrons. The van der Waals surface area contributed by atoms with E-state index in [0.717, 1.165) is 55.2 Å². The molecule has 3 heterocycles. The smallest absolute Gasteiger partial charge is 0.258 e. The van der Waals surface area contributed by atoms with Gasteiger partial charge in [-0.15, -0.1) is 11.3 Å². The maximum Gasteiger partial charge on any atom is 0.258 e. The van der Waals surface area contributed by atoms with Crippen LogP contribution in [0, 0.1) is 5.92 Å². The Morgan fingerprint density at radius 1 is 1.13 bits per heavy atom. The summed E-state index contributed by atoms with van der Waals surface area (Å²) in [4.78, 5) is 36.8. The van der Waals surface area contributed by atoms with Gasteiger partial charge in [-0.05, 0) is 31.4 Å². The van der Waals surface area contributed by atoms with Crippen molar-refractivity contribution in [1.82, 2.24) is 14.9 Å². The average molecular weight is 421 g/mol. The molecule has 2 fully saturated rings. The summed E-state index contributed by atoms with van der Waals surface area (Å²) < 4.78 is 0. The first-order chi connectivity index (χ1) is 14.7. The number of likely N-dealkylation sites (tertiary alicyclic amines) is 1. The van der Waals surface area contributed by atoms with Gasteiger partial charge in [-0.1, -0.05) is 31.0 Å². The van der Waals surface area contributed by atoms with E-state index >= 15 is 0 Å². The Morgan fingerprint density at radius 3 is 2.77 bits per heavy atom. The van der Waals surface area contributed by atoms with E-state index in [1.165, 1.54) is 11.3 Å². The maximum atomic E-state index is 13.0. The third kappa shape index (κ3) is 3.69. The Morgan fingerprint density at radius 2 is 1.97 bits per heavy atom. The summed E-state index contributed by atoms with van der Waals surface area (Å²) in [6.07, 6.45) is 6.93. The minimum absolute atomic E-state index is 0.159. The van der Waals surface area contributed by atoms with Gasteiger partial charge in [0.25, 0.3) is 5.91 Å². The van der Waals surface area contributed by atoms with Crippen molar-refractivity contribution in [3.63, 3.8) is 0 Å². The molecule has 7 heteroatoms. The number of para-hydroxylation sites is 1. The van der Waals surface area contributed by atoms with Crippen molar-refractivity contribution in [1.29, 1.82) is 0 Å². The zero-order valence-corrected chi connectivity index (χ0v) is 17.5. The number of carbonyl (C=O) groups excluding carboxylic acids is 2. The highest BCUT2D eigenvalue weighted by Crippen LogP contribution is 2.33. The van der Waals surface area contributed by atoms with Crippen molar-refractivity contribution in [3.8, 4) is 0 Å². The van der Waals surface area contributed by atoms with E-state index in [1.807, 2.05) is 40.6 Å². The lowest BCUT2D eigenvalue weighted by Crippen LogP contribution is -2.33. The van der Waals surface area contributed by atoms with E-state index in [1.54, 1.807) is 6.20 Å². The van der Waals surface area contributed by atoms with Crippen molar-refractivity contribution < 1.29 is 9.59 Å². The molecule has 30 heavy (non-hydrogen) atoms. The summed E-state index contributed by atoms with van der Waals surface area (Å²) in [6, 6.07) is 9.62. The third-order valence-corrected chi connectivity index (χ3v) is 6.94. The van der Waals surface area contributed by atoms with Gasteiger partial charge < -0.3 is 4.90 Å². The lowest BCUT2D eigenvalue weighted by molar-refractivity contribution is -0.134. The molecule has 1 aliphatic heterocycles. The second-order valence-electron chi connectivity index (χ2n) is 8.15. The van der Waals surface area contributed by atoms with Gasteiger partial charge in [0.1, 0.15) is 0 Å². The molecular formula is C23H24N4O2S. The molecule has 1 saturated heterocycles. The normalized spacial score (nSPS) is 19.5. The molecule has 154 valence electrons. The fourth-order valence-corrected chi connectivity index (χ4v) is 5.20. The molecule has 0 unspecified atom stereocenters. The second kappa shape index (κ2) is 8.14. The van der Waals surface area contributed by atoms with Crippen molar-refractivity contribution in [2.75, 3.05) is 18.4 Å². The van der Waals surface area contributed by atoms with E-state index in [0.29, 0.717) is 23.1 Å². The minimum Gasteiger partial charge on any atom is -0.342 e. The van der Waals surface area contributed by atoms with E-state index in [4.69, 9.17) is 4.98 Å². The fourth-order valence-electron chi connectivity index (χ4n) is 4.68. The zero-order valence-electron chi connectivity index (χ0n) is 16.7. The van der Waals surface area contributed by atoms with Gasteiger partial charge in [-0.2, -0.15) is 0 Å². The van der Waals surface area contributed by atoms with E-state index in [2.05, 4.69) is 10.3 Å². The van der Waals surface area contributed by atoms with E-state index < -0.39 is 0 Å². The minimum atomic E-state index is -0.179. The predicted molar refractivity (Wildman–Crippen MR) is 118 cm³/mol. The Hall–Kier alpha value is -2.80. The van der Waals surface area contributed by atoms with Gasteiger partial charge in [-0.3, -0.25) is 19.9 Å². The maximum absolute atomic E-state index is 13.0. The Bertz CT molecular complexity index is 1080. The van der Waals surface area contributed by atoms with Crippen LogP contribution < -0.4 is 5.32 Å². The molecular weight excluding hydrogens is 396 g/mol. The van der Waals surface area contributed by atoms with Crippen molar-refractivity contribution >= 4 is 39.2 Å². The van der Waals surface area contributed by atoms with Crippen molar-refractivity contribution in [2.24, 2.45) is 5.92 Å². The average Bonchev–Trinajstić information content (AvgIpc) is 3.55. The first-order valence-electron chi connectivity index (χ1n) is 10.6. The lowest BCUT2D eigenvalue weighted by atomic mass is 9.99. The molecule has 1 atom stereocenters. The largest absolute Gasteiger partial charge is 0.342 e. The number of fused-ring (bicyclic) bond motifs is 1. The Kier molecular flexibility index (Phi) is 5.21. The van der Waals surface area contributed by atoms with Crippen LogP contribution in [0.5, 0.6) is 0 Å². The van der Waals surface area contributed by atoms with Crippen LogP contribution in [0.1, 0.15) is 54.1 Å². The fraction of sp³-hybridized carbons (Fsp3) is 0.391. The number of carbonyl (C=O) groups is 2. The monoisotopic (exact) mass is 420 g/mol. The first kappa shape index (κ1) is 19.2. The highest BCUT2D eigenvalue weighted by molar-refractivity contribution is 7.13. The third-order valence-electron chi connectivity index (χ3n) is 6.26. The summed E-state index contributed by atoms with van der Waals surface area (Å²) in [5.74, 6) is 0.485. The SMILES string of the molecule is O=C(Nc1nccs1)c1cc([C@H]2CCN(C(=O)C3CCCC3)C2)nc2ccccc12. The number of amides is 2. The molecule has 1 aliphatic carbocycles. The molecule has 3 aromatic rings. The van der Waals surface area contributed by atoms with Gasteiger partial charge in [0.05, 0.1) is 11.1 Å². The predicted octanol–water partition coefficient (Wildman–Crippen LogP) is 4.45. The number of aromatic nitrogens is 2. The molecule has 6 nitrogen and oxygen atoms in total. The summed E-state index contributed by atoms with van der Waals surface area (Å²) in [7, 11) is 0. The molecule has 1 aromatic carbocycles. The van der Waals surface area contributed by atoms with Crippen LogP contribution in [0.3, 0.4) is 0 Å². The van der Waals surface area contributed by atoms with Gasteiger partial charge in [0.2, 0.25) is 5.91 Å². The van der Waals surface area contributed by atoms with Crippen LogP contribution in [-0.4, -0.2) is 39.8 Å². The van der Waals surface area contributed by atoms with Crippen LogP contribution >= 0.6 is 11.3 Å². The number of thiazole rings is 1. The van der Waals surface area contributed by atoms with Gasteiger partial charge in [-0.25, -0.2) is 4.98 Å². The molecule has 2 aromatic heterocycles. The number of pyridine rings is 1. The van der Waals surface area contributed by atoms with Crippen LogP contribution in [0.4, 0.5) is 5.13 Å². The van der Waals surface area contributed by atoms with Crippen molar-refractivity contribution in [3.05, 3.63) is 53.2 Å². The highest BCUT2D eigenvalue weighted by atomic mass is 32.1. The molecule has 2 amide bonds. The molecule has 0 spiro atoms. The van der Waals surface area contributed by atoms with Crippen LogP contribution in [0.25, 0.3) is 10.9 Å². The second-order valence-corrected chi connectivity index (χ2v) is 9.05. The Balaban J connectivity index is 1.42. The standard InChI is InChI=1S/C23H24N4O2S/c28-21(26-23-24-10-12-30-23)18-13-20(25-19-8-4-3-7-17(18)19)16-9-11-27(14-16)22(29)15-5-1-2-6-15/h3-4,7-8,10,12-13,15-16H,1-2,5-6,9,11,14H2,(H,24,26,28)/t16-/m0/s1. The lowest BCUT2D eigenvalue weighted by Gasteiger charge is -2.20. The summed E-state index contributed by atoms with van der Waals surface area (Å²) in [6.45, 7) is 1.46. The first-order valence-corrected chi connectivity index (χ1v) is 11.5. The summed E-state index contributed by atoms with van der Waals surface area (Å²) in [5, 5.41) is 6.13. The van der Waals surface area contributed by atoms with E-state index in [-0.39, 0.29) is 17.7 Å². The van der Waals surface area contributed by atoms with Gasteiger partial charge >= 0.3 is 0 Å². The van der Waals surface area contributed by atoms with Crippen LogP contribution in [-0.2, 0) is 4.79 Å². The van der Waals surface area contributed by atoms with Crippen LogP contribution in [0.2, 0.25) is 0 Å². The molecule has 1 saturated carbocycles. The Labute approximate surface area is 179 Å². The number of nitrogens with zero attached hydrogens (tertiary/aromatic N) is 3. The van der Waals surface area contributed by atoms with Gasteiger partial charge in [0, 0.05) is 47.6 Å². The highest BCUT2D eigenvalue weighted by Gasteiger charge is 2.33. The van der Waals surface area contributed by atoms with Gasteiger partial charge in [0.15, 0.2) is 5.13 Å². The molecule has 0 bridgehead atoms. The van der Waals surface area contributed by atoms with Crippen molar-refractivity contribution in [2.45, 2.75) is 38.0 Å². The number of nitrogens with one attached hydrogen (secondary N) is 1. The number of hydrogen-bond donors (Lipinski definition) is 1. The number of benzene rings is 1. The molecule has 1 N–H and O–H groups in total. The number of rotatable bonds is 4. The molecule has 2 aliphatic rings. The van der Waals surface area contributed by atoms with E-state index in [9.17, 15) is 9.59 Å². The summed E-state index contributed by atoms with van der Waals surface area (Å²) >= 11 is 1.39. The number of hydrogen-bond acceptors (Lipinski definition) is 5. The topological polar surface area (TPSA) is 75.2 Å². The zero-order chi connectivity index (χ0) is 20.5.